The van der Waals surface area contributed by atoms with Crippen LogP contribution < -0.4 is 5.32 Å². The molecule has 0 fully saturated rings. The molecule has 0 amide bonds. The Kier molecular flexibility index (Phi) is 2.79. The maximum atomic E-state index is 8.85. The Balaban J connectivity index is 1.94. The van der Waals surface area contributed by atoms with Crippen molar-refractivity contribution in [3.8, 4) is 6.07 Å². The quantitative estimate of drug-likeness (QED) is 0.754. The van der Waals surface area contributed by atoms with Gasteiger partial charge in [-0.2, -0.15) is 5.26 Å². The van der Waals surface area contributed by atoms with Crippen LogP contribution in [0.3, 0.4) is 0 Å². The SMILES string of the molecule is N#Cc1ccnc(Nc2ccc3ccccc3n2)c1. The van der Waals surface area contributed by atoms with Crippen LogP contribution in [0.2, 0.25) is 0 Å². The minimum atomic E-state index is 0.568. The van der Waals surface area contributed by atoms with E-state index < -0.39 is 0 Å². The Labute approximate surface area is 110 Å². The normalized spacial score (nSPS) is 10.1. The lowest BCUT2D eigenvalue weighted by Crippen LogP contribution is -1.96. The van der Waals surface area contributed by atoms with Crippen LogP contribution in [-0.4, -0.2) is 9.97 Å². The number of pyridine rings is 2. The summed E-state index contributed by atoms with van der Waals surface area (Å²) in [4.78, 5) is 8.65. The first-order valence-electron chi connectivity index (χ1n) is 5.84. The van der Waals surface area contributed by atoms with E-state index in [2.05, 4.69) is 21.4 Å². The van der Waals surface area contributed by atoms with Gasteiger partial charge in [-0.1, -0.05) is 18.2 Å². The van der Waals surface area contributed by atoms with Gasteiger partial charge in [-0.05, 0) is 30.3 Å². The summed E-state index contributed by atoms with van der Waals surface area (Å²) >= 11 is 0. The van der Waals surface area contributed by atoms with E-state index in [0.717, 1.165) is 10.9 Å². The van der Waals surface area contributed by atoms with E-state index in [1.165, 1.54) is 0 Å². The summed E-state index contributed by atoms with van der Waals surface area (Å²) in [6, 6.07) is 17.2. The lowest BCUT2D eigenvalue weighted by atomic mass is 10.2. The largest absolute Gasteiger partial charge is 0.325 e. The van der Waals surface area contributed by atoms with Crippen molar-refractivity contribution in [2.75, 3.05) is 5.32 Å². The minimum Gasteiger partial charge on any atom is -0.325 e. The highest BCUT2D eigenvalue weighted by Gasteiger charge is 2.00. The first-order valence-corrected chi connectivity index (χ1v) is 5.84. The molecule has 0 aliphatic rings. The topological polar surface area (TPSA) is 61.6 Å². The summed E-state index contributed by atoms with van der Waals surface area (Å²) in [6.45, 7) is 0. The lowest BCUT2D eigenvalue weighted by molar-refractivity contribution is 1.27. The number of nitrogens with zero attached hydrogens (tertiary/aromatic N) is 3. The number of hydrogen-bond donors (Lipinski definition) is 1. The molecule has 3 rings (SSSR count). The Morgan fingerprint density at radius 2 is 1.89 bits per heavy atom. The van der Waals surface area contributed by atoms with Crippen LogP contribution in [0.4, 0.5) is 11.6 Å². The van der Waals surface area contributed by atoms with Crippen molar-refractivity contribution >= 4 is 22.5 Å². The molecule has 0 spiro atoms. The number of anilines is 2. The van der Waals surface area contributed by atoms with Crippen LogP contribution in [0.1, 0.15) is 5.56 Å². The van der Waals surface area contributed by atoms with Crippen molar-refractivity contribution in [2.45, 2.75) is 0 Å². The first-order chi connectivity index (χ1) is 9.35. The van der Waals surface area contributed by atoms with Crippen LogP contribution >= 0.6 is 0 Å². The minimum absolute atomic E-state index is 0.568. The van der Waals surface area contributed by atoms with E-state index >= 15 is 0 Å². The van der Waals surface area contributed by atoms with E-state index in [4.69, 9.17) is 5.26 Å². The Hall–Kier alpha value is -2.93. The second-order valence-electron chi connectivity index (χ2n) is 4.06. The average molecular weight is 246 g/mol. The Morgan fingerprint density at radius 1 is 1.00 bits per heavy atom. The van der Waals surface area contributed by atoms with Crippen LogP contribution in [0.5, 0.6) is 0 Å². The number of para-hydroxylation sites is 1. The number of hydrogen-bond acceptors (Lipinski definition) is 4. The molecule has 90 valence electrons. The van der Waals surface area contributed by atoms with E-state index in [-0.39, 0.29) is 0 Å². The number of nitrogens with one attached hydrogen (secondary N) is 1. The maximum Gasteiger partial charge on any atom is 0.132 e. The van der Waals surface area contributed by atoms with Gasteiger partial charge in [0.05, 0.1) is 17.1 Å². The summed E-state index contributed by atoms with van der Waals surface area (Å²) < 4.78 is 0. The van der Waals surface area contributed by atoms with Crippen molar-refractivity contribution < 1.29 is 0 Å². The van der Waals surface area contributed by atoms with Gasteiger partial charge in [-0.25, -0.2) is 9.97 Å². The molecule has 4 heteroatoms. The molecule has 0 aliphatic carbocycles. The van der Waals surface area contributed by atoms with Crippen LogP contribution in [0.15, 0.2) is 54.7 Å². The fourth-order valence-corrected chi connectivity index (χ4v) is 1.84. The van der Waals surface area contributed by atoms with Gasteiger partial charge in [-0.3, -0.25) is 0 Å². The third-order valence-corrected chi connectivity index (χ3v) is 2.74. The van der Waals surface area contributed by atoms with Gasteiger partial charge in [0.15, 0.2) is 0 Å². The highest BCUT2D eigenvalue weighted by Crippen LogP contribution is 2.17. The van der Waals surface area contributed by atoms with Gasteiger partial charge < -0.3 is 5.32 Å². The fourth-order valence-electron chi connectivity index (χ4n) is 1.84. The highest BCUT2D eigenvalue weighted by atomic mass is 15.0. The Bertz CT molecular complexity index is 774. The number of nitriles is 1. The van der Waals surface area contributed by atoms with Gasteiger partial charge in [0.25, 0.3) is 0 Å². The van der Waals surface area contributed by atoms with Crippen LogP contribution in [-0.2, 0) is 0 Å². The molecule has 0 aliphatic heterocycles. The number of aromatic nitrogens is 2. The molecule has 4 nitrogen and oxygen atoms in total. The van der Waals surface area contributed by atoms with Gasteiger partial charge in [0.1, 0.15) is 11.6 Å². The molecule has 2 aromatic heterocycles. The molecule has 0 saturated carbocycles. The van der Waals surface area contributed by atoms with Gasteiger partial charge in [0, 0.05) is 11.6 Å². The van der Waals surface area contributed by atoms with Gasteiger partial charge in [-0.15, -0.1) is 0 Å². The van der Waals surface area contributed by atoms with Gasteiger partial charge in [0.2, 0.25) is 0 Å². The van der Waals surface area contributed by atoms with E-state index in [1.54, 1.807) is 18.3 Å². The standard InChI is InChI=1S/C15H10N4/c16-10-11-7-8-17-15(9-11)19-14-6-5-12-3-1-2-4-13(12)18-14/h1-9H,(H,17,18,19). The molecule has 0 atom stereocenters. The molecule has 0 saturated heterocycles. The van der Waals surface area contributed by atoms with Crippen LogP contribution in [0.25, 0.3) is 10.9 Å². The first kappa shape index (κ1) is 11.2. The molecular formula is C15H10N4. The zero-order valence-electron chi connectivity index (χ0n) is 10.0. The second kappa shape index (κ2) is 4.75. The summed E-state index contributed by atoms with van der Waals surface area (Å²) in [6.07, 6.45) is 1.60. The molecule has 0 bridgehead atoms. The molecule has 19 heavy (non-hydrogen) atoms. The molecule has 2 heterocycles. The lowest BCUT2D eigenvalue weighted by Gasteiger charge is -2.05. The van der Waals surface area contributed by atoms with Crippen molar-refractivity contribution in [1.82, 2.24) is 9.97 Å². The number of rotatable bonds is 2. The molecule has 1 aromatic carbocycles. The zero-order valence-corrected chi connectivity index (χ0v) is 10.0. The summed E-state index contributed by atoms with van der Waals surface area (Å²) in [5, 5.41) is 13.0. The molecule has 1 N–H and O–H groups in total. The van der Waals surface area contributed by atoms with Crippen molar-refractivity contribution in [2.24, 2.45) is 0 Å². The van der Waals surface area contributed by atoms with Crippen LogP contribution in [0, 0.1) is 11.3 Å². The Morgan fingerprint density at radius 3 is 2.79 bits per heavy atom. The maximum absolute atomic E-state index is 8.85. The number of benzene rings is 1. The zero-order chi connectivity index (χ0) is 13.1. The monoisotopic (exact) mass is 246 g/mol. The third-order valence-electron chi connectivity index (χ3n) is 2.74. The van der Waals surface area contributed by atoms with Crippen molar-refractivity contribution in [3.05, 3.63) is 60.3 Å². The second-order valence-corrected chi connectivity index (χ2v) is 4.06. The number of fused-ring (bicyclic) bond motifs is 1. The molecule has 0 radical (unpaired) electrons. The molecule has 0 unspecified atom stereocenters. The average Bonchev–Trinajstić information content (AvgIpc) is 2.47. The smallest absolute Gasteiger partial charge is 0.132 e. The fraction of sp³-hybridized carbons (Fsp3) is 0. The summed E-state index contributed by atoms with van der Waals surface area (Å²) in [5.41, 5.74) is 1.49. The molecular weight excluding hydrogens is 236 g/mol. The third kappa shape index (κ3) is 2.35. The van der Waals surface area contributed by atoms with Crippen molar-refractivity contribution in [3.63, 3.8) is 0 Å². The van der Waals surface area contributed by atoms with Gasteiger partial charge >= 0.3 is 0 Å². The van der Waals surface area contributed by atoms with E-state index in [1.807, 2.05) is 36.4 Å². The predicted octanol–water partition coefficient (Wildman–Crippen LogP) is 3.25. The van der Waals surface area contributed by atoms with Crippen molar-refractivity contribution in [1.29, 1.82) is 5.26 Å². The highest BCUT2D eigenvalue weighted by molar-refractivity contribution is 5.80. The van der Waals surface area contributed by atoms with E-state index in [9.17, 15) is 0 Å². The summed E-state index contributed by atoms with van der Waals surface area (Å²) in [5.74, 6) is 1.32. The predicted molar refractivity (Wildman–Crippen MR) is 74.0 cm³/mol. The molecule has 3 aromatic rings. The van der Waals surface area contributed by atoms with E-state index in [0.29, 0.717) is 17.2 Å². The summed E-state index contributed by atoms with van der Waals surface area (Å²) in [7, 11) is 0.